The topological polar surface area (TPSA) is 12.5 Å². The summed E-state index contributed by atoms with van der Waals surface area (Å²) in [5, 5.41) is 0. The number of methoxy groups -OCH3 is 1. The van der Waals surface area contributed by atoms with E-state index in [1.54, 1.807) is 13.2 Å². The van der Waals surface area contributed by atoms with Crippen LogP contribution < -0.4 is 0 Å². The molecule has 0 heterocycles. The van der Waals surface area contributed by atoms with Gasteiger partial charge in [-0.25, -0.2) is 4.39 Å². The zero-order chi connectivity index (χ0) is 11.3. The summed E-state index contributed by atoms with van der Waals surface area (Å²) in [6.07, 6.45) is 0. The standard InChI is InChI=1S/C12H18FNO/c1-10(14(2)8-9-15-3)11-6-4-5-7-12(11)13/h4-7,10H,8-9H2,1-3H3. The van der Waals surface area contributed by atoms with Gasteiger partial charge in [-0.1, -0.05) is 18.2 Å². The Hall–Kier alpha value is -0.930. The summed E-state index contributed by atoms with van der Waals surface area (Å²) in [5.74, 6) is -0.144. The van der Waals surface area contributed by atoms with Gasteiger partial charge in [0.15, 0.2) is 0 Å². The summed E-state index contributed by atoms with van der Waals surface area (Å²) >= 11 is 0. The van der Waals surface area contributed by atoms with Gasteiger partial charge in [0.25, 0.3) is 0 Å². The fourth-order valence-electron chi connectivity index (χ4n) is 1.48. The minimum atomic E-state index is -0.144. The Balaban J connectivity index is 2.67. The van der Waals surface area contributed by atoms with Crippen LogP contribution in [0.5, 0.6) is 0 Å². The van der Waals surface area contributed by atoms with Gasteiger partial charge in [-0.2, -0.15) is 0 Å². The highest BCUT2D eigenvalue weighted by molar-refractivity contribution is 5.20. The van der Waals surface area contributed by atoms with E-state index in [1.165, 1.54) is 6.07 Å². The molecular formula is C12H18FNO. The van der Waals surface area contributed by atoms with Crippen molar-refractivity contribution in [3.05, 3.63) is 35.6 Å². The summed E-state index contributed by atoms with van der Waals surface area (Å²) in [4.78, 5) is 2.07. The molecule has 1 unspecified atom stereocenters. The van der Waals surface area contributed by atoms with E-state index in [9.17, 15) is 4.39 Å². The van der Waals surface area contributed by atoms with Crippen LogP contribution in [-0.4, -0.2) is 32.2 Å². The van der Waals surface area contributed by atoms with Crippen LogP contribution in [-0.2, 0) is 4.74 Å². The maximum absolute atomic E-state index is 13.5. The summed E-state index contributed by atoms with van der Waals surface area (Å²) in [6, 6.07) is 6.96. The van der Waals surface area contributed by atoms with Gasteiger partial charge in [-0.05, 0) is 20.0 Å². The van der Waals surface area contributed by atoms with Crippen molar-refractivity contribution in [1.82, 2.24) is 4.90 Å². The van der Waals surface area contributed by atoms with E-state index in [4.69, 9.17) is 4.74 Å². The molecule has 84 valence electrons. The van der Waals surface area contributed by atoms with Crippen LogP contribution in [0.1, 0.15) is 18.5 Å². The van der Waals surface area contributed by atoms with Gasteiger partial charge in [-0.15, -0.1) is 0 Å². The highest BCUT2D eigenvalue weighted by atomic mass is 19.1. The van der Waals surface area contributed by atoms with Crippen LogP contribution in [0.4, 0.5) is 4.39 Å². The third-order valence-electron chi connectivity index (χ3n) is 2.66. The maximum atomic E-state index is 13.5. The van der Waals surface area contributed by atoms with Crippen LogP contribution in [0, 0.1) is 5.82 Å². The third-order valence-corrected chi connectivity index (χ3v) is 2.66. The van der Waals surface area contributed by atoms with Gasteiger partial charge in [0.05, 0.1) is 6.61 Å². The lowest BCUT2D eigenvalue weighted by atomic mass is 10.1. The molecule has 0 aliphatic carbocycles. The summed E-state index contributed by atoms with van der Waals surface area (Å²) in [5.41, 5.74) is 0.733. The first kappa shape index (κ1) is 12.1. The van der Waals surface area contributed by atoms with Crippen LogP contribution in [0.2, 0.25) is 0 Å². The van der Waals surface area contributed by atoms with Crippen LogP contribution >= 0.6 is 0 Å². The van der Waals surface area contributed by atoms with Crippen molar-refractivity contribution in [3.8, 4) is 0 Å². The van der Waals surface area contributed by atoms with Crippen molar-refractivity contribution in [3.63, 3.8) is 0 Å². The molecule has 1 atom stereocenters. The monoisotopic (exact) mass is 211 g/mol. The van der Waals surface area contributed by atoms with E-state index in [2.05, 4.69) is 4.90 Å². The molecule has 3 heteroatoms. The Morgan fingerprint density at radius 2 is 2.07 bits per heavy atom. The average molecular weight is 211 g/mol. The van der Waals surface area contributed by atoms with E-state index in [-0.39, 0.29) is 11.9 Å². The van der Waals surface area contributed by atoms with Crippen molar-refractivity contribution in [2.24, 2.45) is 0 Å². The normalized spacial score (nSPS) is 13.1. The van der Waals surface area contributed by atoms with E-state index < -0.39 is 0 Å². The van der Waals surface area contributed by atoms with E-state index in [0.717, 1.165) is 12.1 Å². The predicted molar refractivity (Wildman–Crippen MR) is 59.3 cm³/mol. The smallest absolute Gasteiger partial charge is 0.127 e. The van der Waals surface area contributed by atoms with E-state index in [1.807, 2.05) is 26.1 Å². The maximum Gasteiger partial charge on any atom is 0.127 e. The van der Waals surface area contributed by atoms with E-state index >= 15 is 0 Å². The van der Waals surface area contributed by atoms with Gasteiger partial charge in [0.2, 0.25) is 0 Å². The minimum Gasteiger partial charge on any atom is -0.383 e. The zero-order valence-corrected chi connectivity index (χ0v) is 9.53. The minimum absolute atomic E-state index is 0.0707. The number of ether oxygens (including phenoxy) is 1. The second-order valence-electron chi connectivity index (χ2n) is 3.67. The molecule has 0 N–H and O–H groups in total. The third kappa shape index (κ3) is 3.29. The highest BCUT2D eigenvalue weighted by Gasteiger charge is 2.14. The summed E-state index contributed by atoms with van der Waals surface area (Å²) in [7, 11) is 3.64. The second kappa shape index (κ2) is 5.83. The Labute approximate surface area is 90.7 Å². The number of hydrogen-bond donors (Lipinski definition) is 0. The fraction of sp³-hybridized carbons (Fsp3) is 0.500. The summed E-state index contributed by atoms with van der Waals surface area (Å²) < 4.78 is 18.5. The van der Waals surface area contributed by atoms with Gasteiger partial charge < -0.3 is 4.74 Å². The molecule has 15 heavy (non-hydrogen) atoms. The number of rotatable bonds is 5. The molecule has 0 radical (unpaired) electrons. The Bertz CT molecular complexity index is 303. The first-order valence-electron chi connectivity index (χ1n) is 5.10. The van der Waals surface area contributed by atoms with Gasteiger partial charge >= 0.3 is 0 Å². The average Bonchev–Trinajstić information content (AvgIpc) is 2.25. The largest absolute Gasteiger partial charge is 0.383 e. The highest BCUT2D eigenvalue weighted by Crippen LogP contribution is 2.20. The molecule has 0 spiro atoms. The number of benzene rings is 1. The van der Waals surface area contributed by atoms with Crippen LogP contribution in [0.3, 0.4) is 0 Å². The van der Waals surface area contributed by atoms with Crippen molar-refractivity contribution < 1.29 is 9.13 Å². The first-order valence-corrected chi connectivity index (χ1v) is 5.10. The lowest BCUT2D eigenvalue weighted by molar-refractivity contribution is 0.142. The lowest BCUT2D eigenvalue weighted by Crippen LogP contribution is -2.26. The van der Waals surface area contributed by atoms with Gasteiger partial charge in [0.1, 0.15) is 5.82 Å². The molecule has 0 bridgehead atoms. The number of nitrogens with zero attached hydrogens (tertiary/aromatic N) is 1. The van der Waals surface area contributed by atoms with Crippen molar-refractivity contribution in [2.45, 2.75) is 13.0 Å². The quantitative estimate of drug-likeness (QED) is 0.741. The summed E-state index contributed by atoms with van der Waals surface area (Å²) in [6.45, 7) is 3.45. The van der Waals surface area contributed by atoms with Crippen molar-refractivity contribution in [2.75, 3.05) is 27.3 Å². The van der Waals surface area contributed by atoms with E-state index in [0.29, 0.717) is 6.61 Å². The Morgan fingerprint density at radius 3 is 2.67 bits per heavy atom. The molecule has 1 aromatic carbocycles. The van der Waals surface area contributed by atoms with Crippen LogP contribution in [0.15, 0.2) is 24.3 Å². The van der Waals surface area contributed by atoms with Crippen LogP contribution in [0.25, 0.3) is 0 Å². The molecule has 0 aliphatic heterocycles. The molecule has 1 aromatic rings. The molecule has 0 aromatic heterocycles. The Kier molecular flexibility index (Phi) is 4.72. The molecule has 0 amide bonds. The number of hydrogen-bond acceptors (Lipinski definition) is 2. The SMILES string of the molecule is COCCN(C)C(C)c1ccccc1F. The Morgan fingerprint density at radius 1 is 1.40 bits per heavy atom. The van der Waals surface area contributed by atoms with Crippen molar-refractivity contribution >= 4 is 0 Å². The molecule has 0 fully saturated rings. The molecule has 0 saturated carbocycles. The fourth-order valence-corrected chi connectivity index (χ4v) is 1.48. The number of likely N-dealkylation sites (N-methyl/N-ethyl adjacent to an activating group) is 1. The molecular weight excluding hydrogens is 193 g/mol. The van der Waals surface area contributed by atoms with Gasteiger partial charge in [0, 0.05) is 25.3 Å². The predicted octanol–water partition coefficient (Wildman–Crippen LogP) is 2.46. The first-order chi connectivity index (χ1) is 7.16. The number of halogens is 1. The zero-order valence-electron chi connectivity index (χ0n) is 9.53. The van der Waals surface area contributed by atoms with Gasteiger partial charge in [-0.3, -0.25) is 4.90 Å². The molecule has 0 aliphatic rings. The molecule has 2 nitrogen and oxygen atoms in total. The van der Waals surface area contributed by atoms with Crippen molar-refractivity contribution in [1.29, 1.82) is 0 Å². The lowest BCUT2D eigenvalue weighted by Gasteiger charge is -2.24. The second-order valence-corrected chi connectivity index (χ2v) is 3.67. The molecule has 1 rings (SSSR count). The molecule has 0 saturated heterocycles.